The first-order valence-electron chi connectivity index (χ1n) is 4.85. The molecule has 84 valence electrons. The summed E-state index contributed by atoms with van der Waals surface area (Å²) in [6, 6.07) is 8.37. The van der Waals surface area contributed by atoms with E-state index < -0.39 is 6.04 Å². The number of ether oxygens (including phenoxy) is 1. The fourth-order valence-corrected chi connectivity index (χ4v) is 2.29. The van der Waals surface area contributed by atoms with Crippen LogP contribution >= 0.6 is 11.3 Å². The number of nitrogens with two attached hydrogens (primary N) is 1. The van der Waals surface area contributed by atoms with Crippen LogP contribution in [0.3, 0.4) is 0 Å². The number of halogens is 1. The molecule has 0 fully saturated rings. The van der Waals surface area contributed by atoms with Crippen LogP contribution in [0.2, 0.25) is 0 Å². The van der Waals surface area contributed by atoms with Gasteiger partial charge in [-0.1, -0.05) is 18.2 Å². The topological polar surface area (TPSA) is 35.2 Å². The second-order valence-electron chi connectivity index (χ2n) is 3.36. The Hall–Kier alpha value is -1.39. The molecule has 2 N–H and O–H groups in total. The zero-order valence-electron chi connectivity index (χ0n) is 8.81. The third-order valence-corrected chi connectivity index (χ3v) is 3.35. The minimum absolute atomic E-state index is 0.226. The van der Waals surface area contributed by atoms with Crippen molar-refractivity contribution in [1.29, 1.82) is 0 Å². The first-order chi connectivity index (χ1) is 7.74. The fraction of sp³-hybridized carbons (Fsp3) is 0.167. The predicted octanol–water partition coefficient (Wildman–Crippen LogP) is 2.94. The Morgan fingerprint density at radius 2 is 2.12 bits per heavy atom. The molecule has 2 nitrogen and oxygen atoms in total. The summed E-state index contributed by atoms with van der Waals surface area (Å²) in [6.45, 7) is 0. The van der Waals surface area contributed by atoms with Gasteiger partial charge >= 0.3 is 0 Å². The molecular weight excluding hydrogens is 225 g/mol. The largest absolute Gasteiger partial charge is 0.494 e. The first kappa shape index (κ1) is 11.1. The van der Waals surface area contributed by atoms with Crippen molar-refractivity contribution in [3.63, 3.8) is 0 Å². The lowest BCUT2D eigenvalue weighted by atomic mass is 10.1. The molecule has 0 aliphatic heterocycles. The molecule has 1 aromatic heterocycles. The monoisotopic (exact) mass is 237 g/mol. The van der Waals surface area contributed by atoms with E-state index in [1.807, 2.05) is 17.5 Å². The Bertz CT molecular complexity index is 470. The van der Waals surface area contributed by atoms with Crippen LogP contribution in [0.4, 0.5) is 4.39 Å². The molecule has 0 aliphatic carbocycles. The Morgan fingerprint density at radius 1 is 1.31 bits per heavy atom. The van der Waals surface area contributed by atoms with Gasteiger partial charge in [0.25, 0.3) is 0 Å². The van der Waals surface area contributed by atoms with Gasteiger partial charge in [0.05, 0.1) is 13.2 Å². The van der Waals surface area contributed by atoms with Crippen LogP contribution in [-0.4, -0.2) is 7.11 Å². The zero-order chi connectivity index (χ0) is 11.5. The average Bonchev–Trinajstić information content (AvgIpc) is 2.82. The van der Waals surface area contributed by atoms with Crippen LogP contribution in [0.5, 0.6) is 5.75 Å². The van der Waals surface area contributed by atoms with E-state index in [2.05, 4.69) is 0 Å². The molecule has 0 aliphatic rings. The van der Waals surface area contributed by atoms with Gasteiger partial charge in [0.2, 0.25) is 0 Å². The number of hydrogen-bond acceptors (Lipinski definition) is 3. The highest BCUT2D eigenvalue weighted by Gasteiger charge is 2.17. The molecule has 0 spiro atoms. The molecule has 0 saturated carbocycles. The maximum atomic E-state index is 13.9. The summed E-state index contributed by atoms with van der Waals surface area (Å²) in [5.74, 6) is -0.157. The van der Waals surface area contributed by atoms with Gasteiger partial charge in [0, 0.05) is 10.4 Å². The van der Waals surface area contributed by atoms with Crippen molar-refractivity contribution in [2.45, 2.75) is 6.04 Å². The van der Waals surface area contributed by atoms with Crippen molar-refractivity contribution < 1.29 is 9.13 Å². The van der Waals surface area contributed by atoms with Crippen LogP contribution in [0.1, 0.15) is 16.5 Å². The normalized spacial score (nSPS) is 12.4. The van der Waals surface area contributed by atoms with Crippen LogP contribution in [0.15, 0.2) is 35.7 Å². The summed E-state index contributed by atoms with van der Waals surface area (Å²) in [5.41, 5.74) is 6.46. The molecule has 1 heterocycles. The van der Waals surface area contributed by atoms with Gasteiger partial charge in [-0.15, -0.1) is 11.3 Å². The highest BCUT2D eigenvalue weighted by Crippen LogP contribution is 2.29. The van der Waals surface area contributed by atoms with Gasteiger partial charge in [-0.25, -0.2) is 4.39 Å². The van der Waals surface area contributed by atoms with Gasteiger partial charge in [-0.3, -0.25) is 0 Å². The summed E-state index contributed by atoms with van der Waals surface area (Å²) in [5, 5.41) is 1.92. The molecule has 0 amide bonds. The zero-order valence-corrected chi connectivity index (χ0v) is 9.63. The highest BCUT2D eigenvalue weighted by atomic mass is 32.1. The summed E-state index contributed by atoms with van der Waals surface area (Å²) in [6.07, 6.45) is 0. The Balaban J connectivity index is 2.41. The van der Waals surface area contributed by atoms with E-state index >= 15 is 0 Å². The maximum absolute atomic E-state index is 13.9. The van der Waals surface area contributed by atoms with Gasteiger partial charge in [0.15, 0.2) is 11.6 Å². The lowest BCUT2D eigenvalue weighted by Gasteiger charge is -2.12. The van der Waals surface area contributed by atoms with Crippen molar-refractivity contribution in [3.8, 4) is 5.75 Å². The lowest BCUT2D eigenvalue weighted by molar-refractivity contribution is 0.383. The molecular formula is C12H12FNOS. The van der Waals surface area contributed by atoms with Crippen molar-refractivity contribution in [3.05, 3.63) is 52.0 Å². The molecule has 4 heteroatoms. The van der Waals surface area contributed by atoms with Gasteiger partial charge < -0.3 is 10.5 Å². The smallest absolute Gasteiger partial charge is 0.170 e. The van der Waals surface area contributed by atoms with Crippen molar-refractivity contribution in [2.75, 3.05) is 7.11 Å². The summed E-state index contributed by atoms with van der Waals surface area (Å²) in [4.78, 5) is 0.937. The van der Waals surface area contributed by atoms with E-state index in [1.165, 1.54) is 18.4 Å². The lowest BCUT2D eigenvalue weighted by Crippen LogP contribution is -2.12. The van der Waals surface area contributed by atoms with Crippen molar-refractivity contribution in [2.24, 2.45) is 5.73 Å². The Kier molecular flexibility index (Phi) is 3.22. The van der Waals surface area contributed by atoms with E-state index in [9.17, 15) is 4.39 Å². The van der Waals surface area contributed by atoms with Crippen LogP contribution < -0.4 is 10.5 Å². The van der Waals surface area contributed by atoms with Gasteiger partial charge in [-0.2, -0.15) is 0 Å². The number of benzene rings is 1. The van der Waals surface area contributed by atoms with Gasteiger partial charge in [0.1, 0.15) is 0 Å². The van der Waals surface area contributed by atoms with E-state index in [0.29, 0.717) is 5.56 Å². The van der Waals surface area contributed by atoms with Gasteiger partial charge in [-0.05, 0) is 17.5 Å². The highest BCUT2D eigenvalue weighted by molar-refractivity contribution is 7.10. The average molecular weight is 237 g/mol. The minimum Gasteiger partial charge on any atom is -0.494 e. The van der Waals surface area contributed by atoms with Crippen LogP contribution in [0.25, 0.3) is 0 Å². The Morgan fingerprint density at radius 3 is 2.75 bits per heavy atom. The predicted molar refractivity (Wildman–Crippen MR) is 63.3 cm³/mol. The van der Waals surface area contributed by atoms with E-state index in [1.54, 1.807) is 18.2 Å². The van der Waals surface area contributed by atoms with Crippen molar-refractivity contribution >= 4 is 11.3 Å². The summed E-state index contributed by atoms with van der Waals surface area (Å²) in [7, 11) is 1.44. The standard InChI is InChI=1S/C12H12FNOS/c1-15-9-5-2-4-8(11(9)13)12(14)10-6-3-7-16-10/h2-7,12H,14H2,1H3/t12-/m0/s1. The quantitative estimate of drug-likeness (QED) is 0.890. The number of rotatable bonds is 3. The molecule has 2 rings (SSSR count). The maximum Gasteiger partial charge on any atom is 0.170 e. The summed E-state index contributed by atoms with van der Waals surface area (Å²) < 4.78 is 18.8. The number of thiophene rings is 1. The van der Waals surface area contributed by atoms with E-state index in [-0.39, 0.29) is 11.6 Å². The third kappa shape index (κ3) is 1.94. The Labute approximate surface area is 97.5 Å². The molecule has 16 heavy (non-hydrogen) atoms. The number of methoxy groups -OCH3 is 1. The molecule has 0 radical (unpaired) electrons. The molecule has 0 saturated heterocycles. The van der Waals surface area contributed by atoms with Crippen LogP contribution in [-0.2, 0) is 0 Å². The van der Waals surface area contributed by atoms with E-state index in [4.69, 9.17) is 10.5 Å². The molecule has 1 atom stereocenters. The minimum atomic E-state index is -0.435. The summed E-state index contributed by atoms with van der Waals surface area (Å²) >= 11 is 1.52. The molecule has 0 bridgehead atoms. The fourth-order valence-electron chi connectivity index (χ4n) is 1.55. The molecule has 0 unspecified atom stereocenters. The molecule has 1 aromatic carbocycles. The van der Waals surface area contributed by atoms with E-state index in [0.717, 1.165) is 4.88 Å². The second-order valence-corrected chi connectivity index (χ2v) is 4.34. The SMILES string of the molecule is COc1cccc([C@H](N)c2cccs2)c1F. The second kappa shape index (κ2) is 4.63. The number of hydrogen-bond donors (Lipinski definition) is 1. The van der Waals surface area contributed by atoms with Crippen molar-refractivity contribution in [1.82, 2.24) is 0 Å². The third-order valence-electron chi connectivity index (χ3n) is 2.40. The first-order valence-corrected chi connectivity index (χ1v) is 5.73. The molecule has 2 aromatic rings. The van der Waals surface area contributed by atoms with Crippen LogP contribution in [0, 0.1) is 5.82 Å².